The summed E-state index contributed by atoms with van der Waals surface area (Å²) in [6.45, 7) is 4.25. The van der Waals surface area contributed by atoms with Gasteiger partial charge in [0.1, 0.15) is 6.33 Å². The van der Waals surface area contributed by atoms with E-state index in [0.717, 1.165) is 16.8 Å². The lowest BCUT2D eigenvalue weighted by Crippen LogP contribution is -2.09. The van der Waals surface area contributed by atoms with Gasteiger partial charge in [0.2, 0.25) is 0 Å². The van der Waals surface area contributed by atoms with Crippen LogP contribution in [0.25, 0.3) is 11.1 Å². The summed E-state index contributed by atoms with van der Waals surface area (Å²) < 4.78 is 0. The third kappa shape index (κ3) is 2.57. The quantitative estimate of drug-likeness (QED) is 0.851. The highest BCUT2D eigenvalue weighted by Gasteiger charge is 1.98. The van der Waals surface area contributed by atoms with Gasteiger partial charge in [-0.05, 0) is 31.5 Å². The molecule has 0 aliphatic carbocycles. The van der Waals surface area contributed by atoms with E-state index in [1.807, 2.05) is 12.4 Å². The molecule has 0 fully saturated rings. The van der Waals surface area contributed by atoms with Crippen LogP contribution < -0.4 is 5.32 Å². The van der Waals surface area contributed by atoms with Crippen LogP contribution in [0.15, 0.2) is 43.0 Å². The summed E-state index contributed by atoms with van der Waals surface area (Å²) in [6, 6.07) is 8.74. The Hall–Kier alpha value is -1.90. The highest BCUT2D eigenvalue weighted by molar-refractivity contribution is 5.64. The standard InChI is InChI=1S/C13H15N3/c1-10(2)16-13-5-3-11(4-6-13)12-7-14-9-15-8-12/h3-10,16H,1-2H3. The lowest BCUT2D eigenvalue weighted by Gasteiger charge is -2.10. The van der Waals surface area contributed by atoms with Crippen LogP contribution in [0, 0.1) is 0 Å². The maximum atomic E-state index is 4.01. The highest BCUT2D eigenvalue weighted by Crippen LogP contribution is 2.19. The van der Waals surface area contributed by atoms with Crippen molar-refractivity contribution in [3.05, 3.63) is 43.0 Å². The van der Waals surface area contributed by atoms with Gasteiger partial charge in [0, 0.05) is 29.7 Å². The molecule has 1 N–H and O–H groups in total. The monoisotopic (exact) mass is 213 g/mol. The number of rotatable bonds is 3. The van der Waals surface area contributed by atoms with E-state index < -0.39 is 0 Å². The Morgan fingerprint density at radius 1 is 0.938 bits per heavy atom. The van der Waals surface area contributed by atoms with Crippen molar-refractivity contribution in [2.24, 2.45) is 0 Å². The van der Waals surface area contributed by atoms with Gasteiger partial charge in [0.15, 0.2) is 0 Å². The molecule has 0 aliphatic rings. The molecule has 0 radical (unpaired) electrons. The van der Waals surface area contributed by atoms with Crippen LogP contribution >= 0.6 is 0 Å². The largest absolute Gasteiger partial charge is 0.383 e. The molecule has 0 aliphatic heterocycles. The van der Waals surface area contributed by atoms with Crippen molar-refractivity contribution < 1.29 is 0 Å². The number of nitrogens with zero attached hydrogens (tertiary/aromatic N) is 2. The van der Waals surface area contributed by atoms with Crippen molar-refractivity contribution in [3.63, 3.8) is 0 Å². The molecule has 0 amide bonds. The van der Waals surface area contributed by atoms with Crippen molar-refractivity contribution in [1.29, 1.82) is 0 Å². The molecular weight excluding hydrogens is 198 g/mol. The SMILES string of the molecule is CC(C)Nc1ccc(-c2cncnc2)cc1. The first-order chi connectivity index (χ1) is 7.75. The fourth-order valence-electron chi connectivity index (χ4n) is 1.54. The molecule has 0 atom stereocenters. The van der Waals surface area contributed by atoms with Gasteiger partial charge in [-0.2, -0.15) is 0 Å². The van der Waals surface area contributed by atoms with Crippen LogP contribution in [0.3, 0.4) is 0 Å². The Kier molecular flexibility index (Phi) is 3.15. The number of anilines is 1. The van der Waals surface area contributed by atoms with E-state index in [1.165, 1.54) is 6.33 Å². The Morgan fingerprint density at radius 2 is 1.56 bits per heavy atom. The van der Waals surface area contributed by atoms with E-state index in [0.29, 0.717) is 6.04 Å². The molecule has 0 saturated heterocycles. The zero-order valence-corrected chi connectivity index (χ0v) is 9.51. The molecule has 0 bridgehead atoms. The van der Waals surface area contributed by atoms with Gasteiger partial charge in [-0.3, -0.25) is 0 Å². The molecule has 1 heterocycles. The topological polar surface area (TPSA) is 37.8 Å². The summed E-state index contributed by atoms with van der Waals surface area (Å²) in [5.41, 5.74) is 3.31. The summed E-state index contributed by atoms with van der Waals surface area (Å²) >= 11 is 0. The first-order valence-corrected chi connectivity index (χ1v) is 5.37. The lowest BCUT2D eigenvalue weighted by atomic mass is 10.1. The zero-order valence-electron chi connectivity index (χ0n) is 9.51. The first kappa shape index (κ1) is 10.6. The lowest BCUT2D eigenvalue weighted by molar-refractivity contribution is 0.900. The minimum Gasteiger partial charge on any atom is -0.383 e. The summed E-state index contributed by atoms with van der Waals surface area (Å²) in [7, 11) is 0. The number of hydrogen-bond acceptors (Lipinski definition) is 3. The third-order valence-electron chi connectivity index (χ3n) is 2.23. The van der Waals surface area contributed by atoms with E-state index in [1.54, 1.807) is 0 Å². The predicted octanol–water partition coefficient (Wildman–Crippen LogP) is 2.96. The van der Waals surface area contributed by atoms with Gasteiger partial charge in [0.25, 0.3) is 0 Å². The van der Waals surface area contributed by atoms with Crippen LogP contribution in [0.4, 0.5) is 5.69 Å². The predicted molar refractivity (Wildman–Crippen MR) is 66.2 cm³/mol. The van der Waals surface area contributed by atoms with E-state index in [4.69, 9.17) is 0 Å². The molecule has 3 nitrogen and oxygen atoms in total. The molecule has 0 unspecified atom stereocenters. The Bertz CT molecular complexity index is 434. The normalized spacial score (nSPS) is 10.4. The smallest absolute Gasteiger partial charge is 0.115 e. The fourth-order valence-corrected chi connectivity index (χ4v) is 1.54. The Morgan fingerprint density at radius 3 is 2.12 bits per heavy atom. The molecule has 2 aromatic rings. The van der Waals surface area contributed by atoms with E-state index in [9.17, 15) is 0 Å². The van der Waals surface area contributed by atoms with Crippen molar-refractivity contribution in [2.45, 2.75) is 19.9 Å². The average molecular weight is 213 g/mol. The van der Waals surface area contributed by atoms with Gasteiger partial charge in [0.05, 0.1) is 0 Å². The third-order valence-corrected chi connectivity index (χ3v) is 2.23. The van der Waals surface area contributed by atoms with E-state index in [2.05, 4.69) is 53.4 Å². The van der Waals surface area contributed by atoms with Gasteiger partial charge in [-0.15, -0.1) is 0 Å². The van der Waals surface area contributed by atoms with Crippen molar-refractivity contribution in [1.82, 2.24) is 9.97 Å². The molecule has 0 spiro atoms. The summed E-state index contributed by atoms with van der Waals surface area (Å²) in [5, 5.41) is 3.35. The highest BCUT2D eigenvalue weighted by atomic mass is 14.9. The van der Waals surface area contributed by atoms with Gasteiger partial charge >= 0.3 is 0 Å². The average Bonchev–Trinajstić information content (AvgIpc) is 2.30. The van der Waals surface area contributed by atoms with Gasteiger partial charge in [-0.25, -0.2) is 9.97 Å². The molecular formula is C13H15N3. The molecule has 3 heteroatoms. The number of nitrogens with one attached hydrogen (secondary N) is 1. The van der Waals surface area contributed by atoms with Crippen LogP contribution in [-0.2, 0) is 0 Å². The second kappa shape index (κ2) is 4.75. The van der Waals surface area contributed by atoms with Gasteiger partial charge < -0.3 is 5.32 Å². The second-order valence-electron chi connectivity index (χ2n) is 4.00. The van der Waals surface area contributed by atoms with Crippen LogP contribution in [0.2, 0.25) is 0 Å². The fraction of sp³-hybridized carbons (Fsp3) is 0.231. The van der Waals surface area contributed by atoms with Crippen molar-refractivity contribution >= 4 is 5.69 Å². The van der Waals surface area contributed by atoms with Gasteiger partial charge in [-0.1, -0.05) is 12.1 Å². The molecule has 2 rings (SSSR count). The molecule has 1 aromatic heterocycles. The Labute approximate surface area is 95.6 Å². The summed E-state index contributed by atoms with van der Waals surface area (Å²) in [5.74, 6) is 0. The molecule has 0 saturated carbocycles. The first-order valence-electron chi connectivity index (χ1n) is 5.37. The van der Waals surface area contributed by atoms with E-state index in [-0.39, 0.29) is 0 Å². The van der Waals surface area contributed by atoms with Crippen molar-refractivity contribution in [3.8, 4) is 11.1 Å². The maximum absolute atomic E-state index is 4.01. The number of hydrogen-bond donors (Lipinski definition) is 1. The molecule has 1 aromatic carbocycles. The molecule has 16 heavy (non-hydrogen) atoms. The minimum absolute atomic E-state index is 0.450. The van der Waals surface area contributed by atoms with Crippen molar-refractivity contribution in [2.75, 3.05) is 5.32 Å². The summed E-state index contributed by atoms with van der Waals surface area (Å²) in [6.07, 6.45) is 5.17. The zero-order chi connectivity index (χ0) is 11.4. The van der Waals surface area contributed by atoms with Crippen LogP contribution in [-0.4, -0.2) is 16.0 Å². The van der Waals surface area contributed by atoms with Crippen LogP contribution in [0.5, 0.6) is 0 Å². The molecule has 82 valence electrons. The summed E-state index contributed by atoms with van der Waals surface area (Å²) in [4.78, 5) is 8.01. The second-order valence-corrected chi connectivity index (χ2v) is 4.00. The van der Waals surface area contributed by atoms with Crippen LogP contribution in [0.1, 0.15) is 13.8 Å². The maximum Gasteiger partial charge on any atom is 0.115 e. The number of benzene rings is 1. The Balaban J connectivity index is 2.20. The minimum atomic E-state index is 0.450. The number of aromatic nitrogens is 2. The van der Waals surface area contributed by atoms with E-state index >= 15 is 0 Å².